The fourth-order valence-corrected chi connectivity index (χ4v) is 19.4. The summed E-state index contributed by atoms with van der Waals surface area (Å²) in [5, 5.41) is 15.0. The molecular formula is C92H119Cl2N25O8S2. The average molecular weight is 1840 g/mol. The summed E-state index contributed by atoms with van der Waals surface area (Å²) in [6.07, 6.45) is 8.92. The van der Waals surface area contributed by atoms with Crippen molar-refractivity contribution < 1.29 is 35.9 Å². The van der Waals surface area contributed by atoms with Crippen molar-refractivity contribution >= 4 is 139 Å². The van der Waals surface area contributed by atoms with Crippen LogP contribution in [0.2, 0.25) is 10.6 Å². The number of carbonyl (C=O) groups is 2. The van der Waals surface area contributed by atoms with Crippen molar-refractivity contribution in [3.63, 3.8) is 0 Å². The van der Waals surface area contributed by atoms with Crippen LogP contribution >= 0.6 is 23.2 Å². The van der Waals surface area contributed by atoms with Crippen molar-refractivity contribution in [2.24, 2.45) is 17.2 Å². The quantitative estimate of drug-likeness (QED) is 0.0548. The van der Waals surface area contributed by atoms with Gasteiger partial charge >= 0.3 is 32.6 Å². The summed E-state index contributed by atoms with van der Waals surface area (Å²) in [4.78, 5) is 82.9. The molecule has 18 rings (SSSR count). The Hall–Kier alpha value is -11.2. The van der Waals surface area contributed by atoms with Crippen LogP contribution in [-0.4, -0.2) is 232 Å². The molecule has 37 heteroatoms. The Balaban J connectivity index is 0.000000135. The molecular weight excluding hydrogens is 1720 g/mol. The number of aromatic nitrogens is 15. The first kappa shape index (κ1) is 95.4. The second-order valence-electron chi connectivity index (χ2n) is 36.5. The number of nitrogens with one attached hydrogen (secondary N) is 6. The third-order valence-corrected chi connectivity index (χ3v) is 28.3. The van der Waals surface area contributed by atoms with Gasteiger partial charge in [0.25, 0.3) is 0 Å². The molecule has 4 aliphatic rings. The van der Waals surface area contributed by atoms with Gasteiger partial charge in [0.1, 0.15) is 57.7 Å². The number of ether oxygens (including phenoxy) is 2. The van der Waals surface area contributed by atoms with Crippen molar-refractivity contribution in [2.45, 2.75) is 167 Å². The van der Waals surface area contributed by atoms with Crippen LogP contribution in [0.5, 0.6) is 0 Å². The van der Waals surface area contributed by atoms with Gasteiger partial charge in [-0.1, -0.05) is 36.4 Å². The number of H-pyrrole nitrogens is 5. The molecule has 0 atom stereocenters. The number of aromatic amines is 5. The van der Waals surface area contributed by atoms with E-state index in [0.29, 0.717) is 60.1 Å². The largest absolute Gasteiger partial charge is 0.444 e. The topological polar surface area (TPSA) is 443 Å². The van der Waals surface area contributed by atoms with E-state index >= 15 is 0 Å². The molecule has 129 heavy (non-hydrogen) atoms. The SMILES string of the molecule is Cc1ccc2c(c1)nc(C1(C#N)CCN(C(=O)OC(C)(C)C)CC1)n2S(=O)(=O)N(C)C.Cc1ccc2c(c1)nc(Cl)n2S(=O)(=O)N(C)C.Cc1ccc2nc(C3(CN)CCN(C(=O)OC(C)(C)C)CC3)[nH]c2c1.Cc1ccc2nc(C3(CN)CCN(c4ncnc5[nH]ccc45)CC3)[nH]c2c1.Cc1ccc2nc(C3(CN)CCNCC3)[nH]c2c1.Cc1ccc2nc(Cl)[nH]c2c1. The lowest BCUT2D eigenvalue weighted by Gasteiger charge is -2.40. The van der Waals surface area contributed by atoms with E-state index < -0.39 is 43.1 Å². The Morgan fingerprint density at radius 1 is 0.481 bits per heavy atom. The van der Waals surface area contributed by atoms with E-state index in [0.717, 1.165) is 167 Å². The molecule has 14 aromatic rings. The summed E-state index contributed by atoms with van der Waals surface area (Å²) in [5.74, 6) is 4.19. The van der Waals surface area contributed by atoms with Crippen LogP contribution in [0.4, 0.5) is 15.4 Å². The number of nitrogens with two attached hydrogens (primary N) is 3. The van der Waals surface area contributed by atoms with Crippen LogP contribution in [0.25, 0.3) is 77.2 Å². The van der Waals surface area contributed by atoms with E-state index in [1.54, 1.807) is 61.2 Å². The minimum Gasteiger partial charge on any atom is -0.444 e. The van der Waals surface area contributed by atoms with E-state index in [9.17, 15) is 31.7 Å². The van der Waals surface area contributed by atoms with Gasteiger partial charge in [-0.15, -0.1) is 0 Å². The smallest absolute Gasteiger partial charge is 0.410 e. The molecule has 0 radical (unpaired) electrons. The number of aryl methyl sites for hydroxylation is 6. The van der Waals surface area contributed by atoms with E-state index in [2.05, 4.69) is 135 Å². The van der Waals surface area contributed by atoms with Crippen LogP contribution in [0.3, 0.4) is 0 Å². The fourth-order valence-electron chi connectivity index (χ4n) is 16.6. The summed E-state index contributed by atoms with van der Waals surface area (Å²) in [6.45, 7) is 30.5. The zero-order chi connectivity index (χ0) is 93.1. The molecule has 2 amide bonds. The predicted octanol–water partition coefficient (Wildman–Crippen LogP) is 14.2. The number of piperidine rings is 4. The Morgan fingerprint density at radius 3 is 1.29 bits per heavy atom. The lowest BCUT2D eigenvalue weighted by Crippen LogP contribution is -2.50. The summed E-state index contributed by atoms with van der Waals surface area (Å²) in [5.41, 5.74) is 33.8. The highest BCUT2D eigenvalue weighted by atomic mass is 35.5. The summed E-state index contributed by atoms with van der Waals surface area (Å²) < 4.78 is 65.9. The van der Waals surface area contributed by atoms with Gasteiger partial charge in [-0.2, -0.15) is 34.7 Å². The molecule has 0 bridgehead atoms. The number of likely N-dealkylation sites (tertiary alicyclic amines) is 2. The van der Waals surface area contributed by atoms with Crippen LogP contribution in [0.15, 0.2) is 128 Å². The van der Waals surface area contributed by atoms with Gasteiger partial charge in [0.05, 0.1) is 77.7 Å². The number of nitrogens with zero attached hydrogens (tertiary/aromatic N) is 16. The Labute approximate surface area is 762 Å². The highest BCUT2D eigenvalue weighted by Gasteiger charge is 2.46. The molecule has 4 aliphatic heterocycles. The Morgan fingerprint density at radius 2 is 0.860 bits per heavy atom. The van der Waals surface area contributed by atoms with Gasteiger partial charge in [-0.25, -0.2) is 53.4 Å². The molecule has 0 unspecified atom stereocenters. The first-order valence-corrected chi connectivity index (χ1v) is 46.8. The number of imidazole rings is 6. The standard InChI is InChI=1S/C21H29N5O4S.C20H23N7.C19H28N4O2.C14H20N4.C10H12ClN3O2S.C8H7ClN2/c1-15-7-8-17-16(13-15)23-18(26(17)31(28,29)24(5)6)21(14-22)9-11-25(12-10-21)19(27)30-20(2,3)4;1-13-2-3-15-16(10-13)26-19(25-15)20(11-21)5-8-27(9-6-20)18-14-4-7-22-17(14)23-12-24-18;1-13-5-6-14-15(11-13)22-16(21-14)19(12-20)7-9-23(10-8-19)17(24)25-18(2,3)4;1-10-2-3-11-12(8-10)18-13(17-11)14(9-15)4-6-16-7-5-14;1-7-4-5-9-8(6-7)12-10(11)14(9)17(15,16)13(2)3;1-5-2-3-6-7(4-5)11-8(9)10-6/h7-8,13H,9-12H2,1-6H3;2-4,7,10,12H,5-6,8-9,11,21H2,1H3,(H,25,26)(H,22,23,24);5-6,11H,7-10,12,20H2,1-4H3,(H,21,22);2-3,8,16H,4-7,9,15H2,1H3,(H,17,18);4-6H,1-3H3;2-4H,1H3,(H,10,11). The zero-order valence-corrected chi connectivity index (χ0v) is 79.4. The number of anilines is 1. The maximum atomic E-state index is 13.2. The van der Waals surface area contributed by atoms with Crippen molar-refractivity contribution in [1.29, 1.82) is 5.26 Å². The highest BCUT2D eigenvalue weighted by molar-refractivity contribution is 7.88. The third-order valence-electron chi connectivity index (χ3n) is 24.3. The molecule has 0 aliphatic carbocycles. The maximum Gasteiger partial charge on any atom is 0.410 e. The summed E-state index contributed by atoms with van der Waals surface area (Å²) in [6, 6.07) is 39.9. The van der Waals surface area contributed by atoms with Gasteiger partial charge in [0.2, 0.25) is 10.6 Å². The van der Waals surface area contributed by atoms with Crippen LogP contribution in [0, 0.1) is 52.9 Å². The average Bonchev–Trinajstić information content (AvgIpc) is 1.60. The number of carbonyl (C=O) groups excluding carboxylic acids is 2. The van der Waals surface area contributed by atoms with Crippen LogP contribution < -0.4 is 27.4 Å². The first-order valence-electron chi connectivity index (χ1n) is 43.3. The van der Waals surface area contributed by atoms with Gasteiger partial charge in [0.15, 0.2) is 0 Å². The van der Waals surface area contributed by atoms with E-state index in [4.69, 9.17) is 64.8 Å². The van der Waals surface area contributed by atoms with Gasteiger partial charge < -0.3 is 71.6 Å². The highest BCUT2D eigenvalue weighted by Crippen LogP contribution is 2.42. The van der Waals surface area contributed by atoms with Crippen molar-refractivity contribution in [1.82, 2.24) is 96.5 Å². The van der Waals surface area contributed by atoms with Gasteiger partial charge in [0, 0.05) is 110 Å². The molecule has 12 heterocycles. The van der Waals surface area contributed by atoms with Gasteiger partial charge in [-0.05, 0) is 283 Å². The Bertz CT molecular complexity index is 6660. The molecule has 33 nitrogen and oxygen atoms in total. The van der Waals surface area contributed by atoms with Crippen molar-refractivity contribution in [3.8, 4) is 6.07 Å². The van der Waals surface area contributed by atoms with Crippen LogP contribution in [0.1, 0.15) is 150 Å². The maximum absolute atomic E-state index is 13.2. The number of hydrogen-bond acceptors (Lipinski definition) is 22. The second kappa shape index (κ2) is 38.5. The molecule has 4 fully saturated rings. The lowest BCUT2D eigenvalue weighted by atomic mass is 9.77. The lowest BCUT2D eigenvalue weighted by molar-refractivity contribution is 0.0159. The second-order valence-corrected chi connectivity index (χ2v) is 41.2. The zero-order valence-electron chi connectivity index (χ0n) is 76.3. The van der Waals surface area contributed by atoms with Crippen LogP contribution in [-0.2, 0) is 51.6 Å². The summed E-state index contributed by atoms with van der Waals surface area (Å²) in [7, 11) is -1.78. The summed E-state index contributed by atoms with van der Waals surface area (Å²) >= 11 is 11.6. The number of rotatable bonds is 12. The number of nitriles is 1. The Kier molecular flexibility index (Phi) is 28.5. The monoisotopic (exact) mass is 1840 g/mol. The first-order chi connectivity index (χ1) is 61.0. The number of hydrogen-bond donors (Lipinski definition) is 9. The molecule has 8 aromatic heterocycles. The number of fused-ring (bicyclic) bond motifs is 7. The van der Waals surface area contributed by atoms with E-state index in [1.165, 1.54) is 54.4 Å². The number of benzene rings is 6. The van der Waals surface area contributed by atoms with Crippen molar-refractivity contribution in [3.05, 3.63) is 195 Å². The number of amides is 2. The molecule has 4 saturated heterocycles. The van der Waals surface area contributed by atoms with Gasteiger partial charge in [-0.3, -0.25) is 0 Å². The minimum atomic E-state index is -3.92. The number of halogens is 2. The minimum absolute atomic E-state index is 0.0260. The van der Waals surface area contributed by atoms with E-state index in [-0.39, 0.29) is 59.4 Å². The van der Waals surface area contributed by atoms with E-state index in [1.807, 2.05) is 90.2 Å². The normalized spacial score (nSPS) is 16.3. The van der Waals surface area contributed by atoms with Crippen molar-refractivity contribution in [2.75, 3.05) is 105 Å². The molecule has 686 valence electrons. The molecule has 12 N–H and O–H groups in total. The molecule has 0 saturated carbocycles. The molecule has 0 spiro atoms. The predicted molar refractivity (Wildman–Crippen MR) is 509 cm³/mol. The fraction of sp³-hybridized carbons (Fsp3) is 0.446. The third kappa shape index (κ3) is 21.0. The molecule has 6 aromatic carbocycles.